The molecule has 0 atom stereocenters. The fourth-order valence-electron chi connectivity index (χ4n) is 1.44. The molecule has 0 aliphatic heterocycles. The van der Waals surface area contributed by atoms with E-state index in [2.05, 4.69) is 21.2 Å². The smallest absolute Gasteiger partial charge is 0.253 e. The maximum Gasteiger partial charge on any atom is 0.253 e. The molecule has 0 unspecified atom stereocenters. The summed E-state index contributed by atoms with van der Waals surface area (Å²) < 4.78 is 13.3. The van der Waals surface area contributed by atoms with Crippen LogP contribution in [0.3, 0.4) is 0 Å². The number of halogens is 2. The van der Waals surface area contributed by atoms with Crippen LogP contribution in [-0.4, -0.2) is 38.0 Å². The van der Waals surface area contributed by atoms with Crippen molar-refractivity contribution in [2.24, 2.45) is 0 Å². The number of amides is 1. The molecule has 0 bridgehead atoms. The molecule has 3 nitrogen and oxygen atoms in total. The summed E-state index contributed by atoms with van der Waals surface area (Å²) in [6.07, 6.45) is 0.890. The number of hydrogen-bond acceptors (Lipinski definition) is 2. The first-order valence-corrected chi connectivity index (χ1v) is 6.20. The van der Waals surface area contributed by atoms with Gasteiger partial charge in [-0.15, -0.1) is 0 Å². The van der Waals surface area contributed by atoms with Gasteiger partial charge in [0.2, 0.25) is 0 Å². The largest absolute Gasteiger partial charge is 0.342 e. The summed E-state index contributed by atoms with van der Waals surface area (Å²) in [4.78, 5) is 13.6. The van der Waals surface area contributed by atoms with Crippen molar-refractivity contribution in [3.8, 4) is 0 Å². The Morgan fingerprint density at radius 2 is 2.24 bits per heavy atom. The predicted molar refractivity (Wildman–Crippen MR) is 69.6 cm³/mol. The molecule has 0 heterocycles. The predicted octanol–water partition coefficient (Wildman–Crippen LogP) is 2.27. The lowest BCUT2D eigenvalue weighted by Gasteiger charge is -2.17. The van der Waals surface area contributed by atoms with Gasteiger partial charge in [0.1, 0.15) is 5.82 Å². The van der Waals surface area contributed by atoms with E-state index in [0.717, 1.165) is 13.0 Å². The Bertz CT molecular complexity index is 398. The molecule has 1 amide bonds. The van der Waals surface area contributed by atoms with Crippen molar-refractivity contribution >= 4 is 21.8 Å². The first-order valence-electron chi connectivity index (χ1n) is 5.41. The molecule has 0 fully saturated rings. The molecule has 1 rings (SSSR count). The minimum atomic E-state index is -0.362. The normalized spacial score (nSPS) is 10.4. The molecule has 5 heteroatoms. The number of hydrogen-bond donors (Lipinski definition) is 1. The summed E-state index contributed by atoms with van der Waals surface area (Å²) in [5, 5.41) is 3.02. The van der Waals surface area contributed by atoms with Gasteiger partial charge < -0.3 is 10.2 Å². The quantitative estimate of drug-likeness (QED) is 0.846. The molecule has 1 aromatic carbocycles. The van der Waals surface area contributed by atoms with Gasteiger partial charge in [-0.05, 0) is 54.1 Å². The fraction of sp³-hybridized carbons (Fsp3) is 0.417. The van der Waals surface area contributed by atoms with Crippen LogP contribution in [0.15, 0.2) is 22.7 Å². The van der Waals surface area contributed by atoms with Crippen LogP contribution in [0.25, 0.3) is 0 Å². The molecule has 0 aliphatic carbocycles. The highest BCUT2D eigenvalue weighted by Crippen LogP contribution is 2.17. The first kappa shape index (κ1) is 14.1. The molecular weight excluding hydrogens is 287 g/mol. The third kappa shape index (κ3) is 4.09. The SMILES string of the molecule is CNCCCN(C)C(=O)c1ccc(F)c(Br)c1. The van der Waals surface area contributed by atoms with Gasteiger partial charge in [-0.2, -0.15) is 0 Å². The second-order valence-electron chi connectivity index (χ2n) is 3.81. The molecule has 1 aromatic rings. The molecular formula is C12H16BrFN2O. The molecule has 1 N–H and O–H groups in total. The Morgan fingerprint density at radius 1 is 1.53 bits per heavy atom. The summed E-state index contributed by atoms with van der Waals surface area (Å²) in [6, 6.07) is 4.29. The lowest BCUT2D eigenvalue weighted by Crippen LogP contribution is -2.29. The third-order valence-electron chi connectivity index (χ3n) is 2.43. The zero-order valence-corrected chi connectivity index (χ0v) is 11.6. The monoisotopic (exact) mass is 302 g/mol. The second-order valence-corrected chi connectivity index (χ2v) is 4.67. The molecule has 0 saturated heterocycles. The summed E-state index contributed by atoms with van der Waals surface area (Å²) in [5.74, 6) is -0.457. The van der Waals surface area contributed by atoms with E-state index in [0.29, 0.717) is 16.6 Å². The summed E-state index contributed by atoms with van der Waals surface area (Å²) in [6.45, 7) is 1.54. The Labute approximate surface area is 109 Å². The van der Waals surface area contributed by atoms with Crippen molar-refractivity contribution < 1.29 is 9.18 Å². The van der Waals surface area contributed by atoms with Crippen LogP contribution in [0.1, 0.15) is 16.8 Å². The average molecular weight is 303 g/mol. The zero-order valence-electron chi connectivity index (χ0n) is 9.96. The van der Waals surface area contributed by atoms with E-state index in [9.17, 15) is 9.18 Å². The van der Waals surface area contributed by atoms with Crippen LogP contribution in [-0.2, 0) is 0 Å². The minimum Gasteiger partial charge on any atom is -0.342 e. The Morgan fingerprint density at radius 3 is 2.82 bits per heavy atom. The Hall–Kier alpha value is -0.940. The Kier molecular flexibility index (Phi) is 5.58. The van der Waals surface area contributed by atoms with Gasteiger partial charge in [0.05, 0.1) is 4.47 Å². The summed E-state index contributed by atoms with van der Waals surface area (Å²) in [7, 11) is 3.62. The van der Waals surface area contributed by atoms with E-state index >= 15 is 0 Å². The van der Waals surface area contributed by atoms with Crippen LogP contribution in [0.2, 0.25) is 0 Å². The van der Waals surface area contributed by atoms with Crippen LogP contribution in [0, 0.1) is 5.82 Å². The molecule has 0 saturated carbocycles. The van der Waals surface area contributed by atoms with Crippen molar-refractivity contribution in [3.05, 3.63) is 34.1 Å². The highest BCUT2D eigenvalue weighted by molar-refractivity contribution is 9.10. The van der Waals surface area contributed by atoms with Crippen molar-refractivity contribution in [2.75, 3.05) is 27.2 Å². The van der Waals surface area contributed by atoms with Gasteiger partial charge in [-0.3, -0.25) is 4.79 Å². The summed E-state index contributed by atoms with van der Waals surface area (Å²) in [5.41, 5.74) is 0.491. The van der Waals surface area contributed by atoms with E-state index in [4.69, 9.17) is 0 Å². The van der Waals surface area contributed by atoms with E-state index in [1.807, 2.05) is 7.05 Å². The van der Waals surface area contributed by atoms with Crippen molar-refractivity contribution in [2.45, 2.75) is 6.42 Å². The average Bonchev–Trinajstić information content (AvgIpc) is 2.32. The lowest BCUT2D eigenvalue weighted by molar-refractivity contribution is 0.0793. The number of nitrogens with zero attached hydrogens (tertiary/aromatic N) is 1. The van der Waals surface area contributed by atoms with Gasteiger partial charge in [0.15, 0.2) is 0 Å². The van der Waals surface area contributed by atoms with Crippen LogP contribution in [0.5, 0.6) is 0 Å². The zero-order chi connectivity index (χ0) is 12.8. The fourth-order valence-corrected chi connectivity index (χ4v) is 1.82. The molecule has 94 valence electrons. The molecule has 0 radical (unpaired) electrons. The topological polar surface area (TPSA) is 32.3 Å². The van der Waals surface area contributed by atoms with E-state index in [1.54, 1.807) is 11.9 Å². The van der Waals surface area contributed by atoms with Crippen molar-refractivity contribution in [1.82, 2.24) is 10.2 Å². The van der Waals surface area contributed by atoms with Gasteiger partial charge in [0, 0.05) is 19.2 Å². The van der Waals surface area contributed by atoms with Crippen LogP contribution >= 0.6 is 15.9 Å². The first-order chi connectivity index (χ1) is 8.06. The van der Waals surface area contributed by atoms with E-state index < -0.39 is 0 Å². The molecule has 0 spiro atoms. The van der Waals surface area contributed by atoms with Gasteiger partial charge in [-0.1, -0.05) is 0 Å². The number of carbonyl (C=O) groups excluding carboxylic acids is 1. The van der Waals surface area contributed by atoms with E-state index in [-0.39, 0.29) is 11.7 Å². The maximum absolute atomic E-state index is 13.0. The lowest BCUT2D eigenvalue weighted by atomic mass is 10.2. The highest BCUT2D eigenvalue weighted by Gasteiger charge is 2.12. The maximum atomic E-state index is 13.0. The van der Waals surface area contributed by atoms with Gasteiger partial charge >= 0.3 is 0 Å². The number of benzene rings is 1. The molecule has 17 heavy (non-hydrogen) atoms. The van der Waals surface area contributed by atoms with Gasteiger partial charge in [0.25, 0.3) is 5.91 Å². The Balaban J connectivity index is 2.65. The highest BCUT2D eigenvalue weighted by atomic mass is 79.9. The number of carbonyl (C=O) groups is 1. The standard InChI is InChI=1S/C12H16BrFN2O/c1-15-6-3-7-16(2)12(17)9-4-5-11(14)10(13)8-9/h4-5,8,15H,3,6-7H2,1-2H3. The molecule has 0 aromatic heterocycles. The number of nitrogens with one attached hydrogen (secondary N) is 1. The molecule has 0 aliphatic rings. The minimum absolute atomic E-state index is 0.0956. The second kappa shape index (κ2) is 6.71. The van der Waals surface area contributed by atoms with Crippen molar-refractivity contribution in [3.63, 3.8) is 0 Å². The van der Waals surface area contributed by atoms with Crippen molar-refractivity contribution in [1.29, 1.82) is 0 Å². The number of rotatable bonds is 5. The third-order valence-corrected chi connectivity index (χ3v) is 3.04. The van der Waals surface area contributed by atoms with E-state index in [1.165, 1.54) is 18.2 Å². The van der Waals surface area contributed by atoms with Crippen LogP contribution in [0.4, 0.5) is 4.39 Å². The van der Waals surface area contributed by atoms with Gasteiger partial charge in [-0.25, -0.2) is 4.39 Å². The summed E-state index contributed by atoms with van der Waals surface area (Å²) >= 11 is 3.07. The van der Waals surface area contributed by atoms with Crippen LogP contribution < -0.4 is 5.32 Å².